The summed E-state index contributed by atoms with van der Waals surface area (Å²) in [5.74, 6) is -1.42. The number of alkyl halides is 3. The Morgan fingerprint density at radius 3 is 2.30 bits per heavy atom. The number of rotatable bonds is 2. The largest absolute Gasteiger partial charge is 0.399 e. The molecule has 2 rings (SSSR count). The fraction of sp³-hybridized carbons (Fsp3) is 0.500. The molecule has 0 spiro atoms. The predicted molar refractivity (Wildman–Crippen MR) is 68.4 cm³/mol. The van der Waals surface area contributed by atoms with Crippen molar-refractivity contribution in [3.63, 3.8) is 0 Å². The minimum atomic E-state index is -4.26. The van der Waals surface area contributed by atoms with E-state index in [1.807, 2.05) is 0 Å². The van der Waals surface area contributed by atoms with Crippen molar-refractivity contribution in [2.75, 3.05) is 18.8 Å². The summed E-state index contributed by atoms with van der Waals surface area (Å²) in [5.41, 5.74) is 5.83. The van der Waals surface area contributed by atoms with Crippen LogP contribution in [-0.2, 0) is 10.0 Å². The first kappa shape index (κ1) is 15.1. The Labute approximate surface area is 115 Å². The van der Waals surface area contributed by atoms with E-state index < -0.39 is 22.1 Å². The quantitative estimate of drug-likeness (QED) is 0.852. The molecule has 1 saturated heterocycles. The molecule has 0 aliphatic carbocycles. The van der Waals surface area contributed by atoms with E-state index in [0.29, 0.717) is 5.69 Å². The normalized spacial score (nSPS) is 19.1. The maximum atomic E-state index is 12.6. The summed E-state index contributed by atoms with van der Waals surface area (Å²) in [6.07, 6.45) is -4.66. The summed E-state index contributed by atoms with van der Waals surface area (Å²) in [5, 5.41) is 0. The van der Waals surface area contributed by atoms with E-state index in [0.717, 1.165) is 4.31 Å². The van der Waals surface area contributed by atoms with E-state index in [1.54, 1.807) is 6.07 Å². The highest BCUT2D eigenvalue weighted by Gasteiger charge is 2.43. The molecule has 1 aromatic carbocycles. The summed E-state index contributed by atoms with van der Waals surface area (Å²) in [4.78, 5) is 0.0166. The van der Waals surface area contributed by atoms with Gasteiger partial charge in [0.1, 0.15) is 0 Å². The zero-order chi connectivity index (χ0) is 15.0. The van der Waals surface area contributed by atoms with Crippen LogP contribution in [0.15, 0.2) is 29.2 Å². The number of hydrogen-bond acceptors (Lipinski definition) is 3. The molecule has 4 nitrogen and oxygen atoms in total. The molecule has 0 unspecified atom stereocenters. The number of nitrogen functional groups attached to an aromatic ring is 1. The number of anilines is 1. The Morgan fingerprint density at radius 2 is 1.80 bits per heavy atom. The van der Waals surface area contributed by atoms with E-state index >= 15 is 0 Å². The second-order valence-electron chi connectivity index (χ2n) is 4.79. The molecule has 1 aliphatic rings. The van der Waals surface area contributed by atoms with Gasteiger partial charge >= 0.3 is 6.18 Å². The molecule has 0 saturated carbocycles. The van der Waals surface area contributed by atoms with Gasteiger partial charge in [0.25, 0.3) is 0 Å². The number of benzene rings is 1. The van der Waals surface area contributed by atoms with E-state index in [2.05, 4.69) is 0 Å². The van der Waals surface area contributed by atoms with Crippen molar-refractivity contribution in [1.29, 1.82) is 0 Å². The molecule has 112 valence electrons. The van der Waals surface area contributed by atoms with Crippen LogP contribution in [0.25, 0.3) is 0 Å². The summed E-state index contributed by atoms with van der Waals surface area (Å²) in [6.45, 7) is -0.247. The van der Waals surface area contributed by atoms with Crippen LogP contribution in [0.4, 0.5) is 18.9 Å². The number of hydrogen-bond donors (Lipinski definition) is 1. The molecule has 1 aliphatic heterocycles. The number of halogens is 3. The molecule has 20 heavy (non-hydrogen) atoms. The van der Waals surface area contributed by atoms with E-state index in [4.69, 9.17) is 5.73 Å². The molecular weight excluding hydrogens is 293 g/mol. The van der Waals surface area contributed by atoms with Gasteiger partial charge < -0.3 is 5.73 Å². The van der Waals surface area contributed by atoms with Crippen molar-refractivity contribution < 1.29 is 21.6 Å². The van der Waals surface area contributed by atoms with E-state index in [1.165, 1.54) is 18.2 Å². The maximum absolute atomic E-state index is 12.6. The lowest BCUT2D eigenvalue weighted by Crippen LogP contribution is -2.42. The summed E-state index contributed by atoms with van der Waals surface area (Å²) >= 11 is 0. The minimum absolute atomic E-state index is 0.0166. The van der Waals surface area contributed by atoms with E-state index in [-0.39, 0.29) is 30.8 Å². The minimum Gasteiger partial charge on any atom is -0.399 e. The number of nitrogens with zero attached hydrogens (tertiary/aromatic N) is 1. The van der Waals surface area contributed by atoms with Gasteiger partial charge in [-0.05, 0) is 31.0 Å². The molecule has 0 amide bonds. The van der Waals surface area contributed by atoms with E-state index in [9.17, 15) is 21.6 Å². The van der Waals surface area contributed by atoms with Crippen LogP contribution < -0.4 is 5.73 Å². The number of piperidine rings is 1. The van der Waals surface area contributed by atoms with Crippen LogP contribution in [0.1, 0.15) is 12.8 Å². The average Bonchev–Trinajstić information content (AvgIpc) is 2.38. The van der Waals surface area contributed by atoms with Gasteiger partial charge in [-0.25, -0.2) is 8.42 Å². The second kappa shape index (κ2) is 5.25. The third kappa shape index (κ3) is 3.06. The molecular formula is C12H15F3N2O2S. The third-order valence-electron chi connectivity index (χ3n) is 3.41. The van der Waals surface area contributed by atoms with Crippen molar-refractivity contribution >= 4 is 15.7 Å². The average molecular weight is 308 g/mol. The smallest absolute Gasteiger partial charge is 0.391 e. The van der Waals surface area contributed by atoms with Crippen molar-refractivity contribution in [3.8, 4) is 0 Å². The van der Waals surface area contributed by atoms with Gasteiger partial charge in [0, 0.05) is 18.8 Å². The number of sulfonamides is 1. The molecule has 1 heterocycles. The molecule has 8 heteroatoms. The SMILES string of the molecule is Nc1cccc(S(=O)(=O)N2CCC(C(F)(F)F)CC2)c1. The Morgan fingerprint density at radius 1 is 1.20 bits per heavy atom. The maximum Gasteiger partial charge on any atom is 0.391 e. The van der Waals surface area contributed by atoms with Gasteiger partial charge in [-0.2, -0.15) is 17.5 Å². The molecule has 0 aromatic heterocycles. The molecule has 1 fully saturated rings. The Bertz CT molecular complexity index is 579. The Kier molecular flexibility index (Phi) is 3.97. The van der Waals surface area contributed by atoms with Gasteiger partial charge in [0.15, 0.2) is 0 Å². The van der Waals surface area contributed by atoms with Crippen LogP contribution in [0.5, 0.6) is 0 Å². The van der Waals surface area contributed by atoms with Gasteiger partial charge in [0.05, 0.1) is 10.8 Å². The highest BCUT2D eigenvalue weighted by Crippen LogP contribution is 2.35. The lowest BCUT2D eigenvalue weighted by molar-refractivity contribution is -0.182. The van der Waals surface area contributed by atoms with Crippen LogP contribution in [0, 0.1) is 5.92 Å². The molecule has 0 radical (unpaired) electrons. The zero-order valence-corrected chi connectivity index (χ0v) is 11.4. The van der Waals surface area contributed by atoms with Crippen molar-refractivity contribution in [1.82, 2.24) is 4.31 Å². The highest BCUT2D eigenvalue weighted by atomic mass is 32.2. The predicted octanol–water partition coefficient (Wildman–Crippen LogP) is 2.23. The van der Waals surface area contributed by atoms with Crippen LogP contribution in [-0.4, -0.2) is 32.0 Å². The highest BCUT2D eigenvalue weighted by molar-refractivity contribution is 7.89. The first-order valence-corrected chi connectivity index (χ1v) is 7.57. The second-order valence-corrected chi connectivity index (χ2v) is 6.73. The van der Waals surface area contributed by atoms with Crippen molar-refractivity contribution in [3.05, 3.63) is 24.3 Å². The molecule has 1 aromatic rings. The van der Waals surface area contributed by atoms with Crippen LogP contribution in [0.3, 0.4) is 0 Å². The summed E-state index contributed by atoms with van der Waals surface area (Å²) in [6, 6.07) is 5.76. The third-order valence-corrected chi connectivity index (χ3v) is 5.31. The summed E-state index contributed by atoms with van der Waals surface area (Å²) < 4.78 is 63.3. The Balaban J connectivity index is 2.14. The fourth-order valence-corrected chi connectivity index (χ4v) is 3.77. The topological polar surface area (TPSA) is 63.4 Å². The van der Waals surface area contributed by atoms with Gasteiger partial charge in [0.2, 0.25) is 10.0 Å². The molecule has 0 bridgehead atoms. The van der Waals surface area contributed by atoms with Crippen LogP contribution >= 0.6 is 0 Å². The van der Waals surface area contributed by atoms with Crippen LogP contribution in [0.2, 0.25) is 0 Å². The van der Waals surface area contributed by atoms with Gasteiger partial charge in [-0.15, -0.1) is 0 Å². The fourth-order valence-electron chi connectivity index (χ4n) is 2.25. The molecule has 2 N–H and O–H groups in total. The Hall–Kier alpha value is -1.28. The lowest BCUT2D eigenvalue weighted by atomic mass is 9.98. The zero-order valence-electron chi connectivity index (χ0n) is 10.6. The molecule has 0 atom stereocenters. The lowest BCUT2D eigenvalue weighted by Gasteiger charge is -2.32. The van der Waals surface area contributed by atoms with Crippen molar-refractivity contribution in [2.45, 2.75) is 23.9 Å². The monoisotopic (exact) mass is 308 g/mol. The van der Waals surface area contributed by atoms with Gasteiger partial charge in [-0.3, -0.25) is 0 Å². The summed E-state index contributed by atoms with van der Waals surface area (Å²) in [7, 11) is -3.77. The van der Waals surface area contributed by atoms with Gasteiger partial charge in [-0.1, -0.05) is 6.07 Å². The van der Waals surface area contributed by atoms with Crippen molar-refractivity contribution in [2.24, 2.45) is 5.92 Å². The number of nitrogens with two attached hydrogens (primary N) is 1. The first-order valence-electron chi connectivity index (χ1n) is 6.13. The first-order chi connectivity index (χ1) is 9.21. The standard InChI is InChI=1S/C12H15F3N2O2S/c13-12(14,15)9-4-6-17(7-5-9)20(18,19)11-3-1-2-10(16)8-11/h1-3,8-9H,4-7,16H2.